The Labute approximate surface area is 136 Å². The summed E-state index contributed by atoms with van der Waals surface area (Å²) in [6.45, 7) is 2.49. The second-order valence-electron chi connectivity index (χ2n) is 5.86. The molecule has 0 aliphatic carbocycles. The Morgan fingerprint density at radius 3 is 2.61 bits per heavy atom. The molecular weight excluding hydrogens is 288 g/mol. The molecule has 0 atom stereocenters. The van der Waals surface area contributed by atoms with Crippen molar-refractivity contribution < 1.29 is 4.79 Å². The van der Waals surface area contributed by atoms with Crippen molar-refractivity contribution >= 4 is 11.7 Å². The summed E-state index contributed by atoms with van der Waals surface area (Å²) in [4.78, 5) is 16.7. The fourth-order valence-electron chi connectivity index (χ4n) is 2.90. The molecule has 1 aliphatic heterocycles. The third-order valence-electron chi connectivity index (χ3n) is 4.24. The molecule has 0 bridgehead atoms. The second-order valence-corrected chi connectivity index (χ2v) is 5.86. The molecule has 1 aromatic carbocycles. The number of benzene rings is 1. The molecule has 5 nitrogen and oxygen atoms in total. The Morgan fingerprint density at radius 1 is 1.17 bits per heavy atom. The molecule has 3 rings (SSSR count). The van der Waals surface area contributed by atoms with Gasteiger partial charge in [-0.1, -0.05) is 30.3 Å². The minimum absolute atomic E-state index is 0.185. The van der Waals surface area contributed by atoms with Crippen molar-refractivity contribution in [2.75, 3.05) is 18.8 Å². The van der Waals surface area contributed by atoms with Crippen molar-refractivity contribution in [1.82, 2.24) is 15.6 Å². The fourth-order valence-corrected chi connectivity index (χ4v) is 2.90. The Bertz CT molecular complexity index is 666. The molecule has 5 heteroatoms. The van der Waals surface area contributed by atoms with Crippen molar-refractivity contribution in [2.45, 2.75) is 25.3 Å². The van der Waals surface area contributed by atoms with Gasteiger partial charge in [0, 0.05) is 18.2 Å². The van der Waals surface area contributed by atoms with Crippen LogP contribution in [0, 0.1) is 0 Å². The lowest BCUT2D eigenvalue weighted by molar-refractivity contribution is 0.0951. The fraction of sp³-hybridized carbons (Fsp3) is 0.333. The topological polar surface area (TPSA) is 80.0 Å². The summed E-state index contributed by atoms with van der Waals surface area (Å²) in [5, 5.41) is 6.22. The zero-order chi connectivity index (χ0) is 16.1. The standard InChI is InChI=1S/C18H22N4O/c19-17-15(18(23)21-12-13-4-2-1-3-5-13)6-7-16(22-17)14-8-10-20-11-9-14/h1-7,14,20H,8-12H2,(H2,19,22)(H,21,23). The number of carbonyl (C=O) groups excluding carboxylic acids is 1. The summed E-state index contributed by atoms with van der Waals surface area (Å²) in [7, 11) is 0. The van der Waals surface area contributed by atoms with Crippen LogP contribution in [0.4, 0.5) is 5.82 Å². The average molecular weight is 310 g/mol. The van der Waals surface area contributed by atoms with Gasteiger partial charge in [0.15, 0.2) is 0 Å². The molecule has 120 valence electrons. The van der Waals surface area contributed by atoms with Gasteiger partial charge in [0.1, 0.15) is 5.82 Å². The van der Waals surface area contributed by atoms with E-state index in [1.807, 2.05) is 36.4 Å². The van der Waals surface area contributed by atoms with E-state index in [0.29, 0.717) is 23.8 Å². The lowest BCUT2D eigenvalue weighted by Gasteiger charge is -2.22. The lowest BCUT2D eigenvalue weighted by Crippen LogP contribution is -2.28. The molecule has 1 amide bonds. The van der Waals surface area contributed by atoms with Gasteiger partial charge in [-0.2, -0.15) is 0 Å². The molecular formula is C18H22N4O. The molecule has 2 heterocycles. The lowest BCUT2D eigenvalue weighted by atomic mass is 9.94. The van der Waals surface area contributed by atoms with Crippen molar-refractivity contribution in [3.63, 3.8) is 0 Å². The van der Waals surface area contributed by atoms with E-state index in [9.17, 15) is 4.79 Å². The number of nitrogens with one attached hydrogen (secondary N) is 2. The maximum absolute atomic E-state index is 12.3. The number of nitrogen functional groups attached to an aromatic ring is 1. The Morgan fingerprint density at radius 2 is 1.91 bits per heavy atom. The summed E-state index contributed by atoms with van der Waals surface area (Å²) >= 11 is 0. The van der Waals surface area contributed by atoms with Crippen LogP contribution in [0.5, 0.6) is 0 Å². The maximum atomic E-state index is 12.3. The SMILES string of the molecule is Nc1nc(C2CCNCC2)ccc1C(=O)NCc1ccccc1. The smallest absolute Gasteiger partial charge is 0.255 e. The first-order valence-corrected chi connectivity index (χ1v) is 8.03. The highest BCUT2D eigenvalue weighted by molar-refractivity contribution is 5.98. The van der Waals surface area contributed by atoms with E-state index >= 15 is 0 Å². The molecule has 1 aliphatic rings. The Balaban J connectivity index is 1.66. The van der Waals surface area contributed by atoms with E-state index in [-0.39, 0.29) is 5.91 Å². The van der Waals surface area contributed by atoms with E-state index in [1.54, 1.807) is 6.07 Å². The molecule has 0 saturated carbocycles. The number of carbonyl (C=O) groups is 1. The van der Waals surface area contributed by atoms with Gasteiger partial charge in [0.05, 0.1) is 5.56 Å². The number of pyridine rings is 1. The quantitative estimate of drug-likeness (QED) is 0.807. The highest BCUT2D eigenvalue weighted by Gasteiger charge is 2.18. The largest absolute Gasteiger partial charge is 0.383 e. The predicted octanol–water partition coefficient (Wildman–Crippen LogP) is 2.06. The predicted molar refractivity (Wildman–Crippen MR) is 91.1 cm³/mol. The number of nitrogens with two attached hydrogens (primary N) is 1. The van der Waals surface area contributed by atoms with Crippen LogP contribution in [0.2, 0.25) is 0 Å². The van der Waals surface area contributed by atoms with Gasteiger partial charge in [-0.25, -0.2) is 4.98 Å². The monoisotopic (exact) mass is 310 g/mol. The highest BCUT2D eigenvalue weighted by atomic mass is 16.1. The molecule has 2 aromatic rings. The number of amides is 1. The first kappa shape index (κ1) is 15.5. The van der Waals surface area contributed by atoms with Gasteiger partial charge in [-0.3, -0.25) is 4.79 Å². The summed E-state index contributed by atoms with van der Waals surface area (Å²) in [6, 6.07) is 13.5. The maximum Gasteiger partial charge on any atom is 0.255 e. The summed E-state index contributed by atoms with van der Waals surface area (Å²) in [6.07, 6.45) is 2.12. The minimum atomic E-state index is -0.185. The van der Waals surface area contributed by atoms with Crippen molar-refractivity contribution in [3.8, 4) is 0 Å². The van der Waals surface area contributed by atoms with Crippen LogP contribution in [0.1, 0.15) is 40.4 Å². The summed E-state index contributed by atoms with van der Waals surface area (Å²) in [5.41, 5.74) is 8.50. The number of piperidine rings is 1. The number of rotatable bonds is 4. The number of nitrogens with zero attached hydrogens (tertiary/aromatic N) is 1. The van der Waals surface area contributed by atoms with Gasteiger partial charge in [0.2, 0.25) is 0 Å². The molecule has 0 spiro atoms. The van der Waals surface area contributed by atoms with E-state index in [0.717, 1.165) is 37.2 Å². The molecule has 4 N–H and O–H groups in total. The van der Waals surface area contributed by atoms with Gasteiger partial charge in [-0.15, -0.1) is 0 Å². The normalized spacial score (nSPS) is 15.3. The zero-order valence-corrected chi connectivity index (χ0v) is 13.1. The van der Waals surface area contributed by atoms with E-state index in [4.69, 9.17) is 5.73 Å². The van der Waals surface area contributed by atoms with E-state index in [1.165, 1.54) is 0 Å². The summed E-state index contributed by atoms with van der Waals surface area (Å²) < 4.78 is 0. The average Bonchev–Trinajstić information content (AvgIpc) is 2.61. The molecule has 23 heavy (non-hydrogen) atoms. The highest BCUT2D eigenvalue weighted by Crippen LogP contribution is 2.25. The Hall–Kier alpha value is -2.40. The first-order valence-electron chi connectivity index (χ1n) is 8.03. The van der Waals surface area contributed by atoms with Crippen molar-refractivity contribution in [3.05, 3.63) is 59.3 Å². The third kappa shape index (κ3) is 3.87. The van der Waals surface area contributed by atoms with E-state index < -0.39 is 0 Å². The van der Waals surface area contributed by atoms with Crippen molar-refractivity contribution in [2.24, 2.45) is 0 Å². The van der Waals surface area contributed by atoms with Gasteiger partial charge in [-0.05, 0) is 43.6 Å². The van der Waals surface area contributed by atoms with E-state index in [2.05, 4.69) is 15.6 Å². The van der Waals surface area contributed by atoms with Crippen LogP contribution >= 0.6 is 0 Å². The second kappa shape index (κ2) is 7.24. The number of anilines is 1. The van der Waals surface area contributed by atoms with Crippen LogP contribution in [0.15, 0.2) is 42.5 Å². The van der Waals surface area contributed by atoms with Crippen LogP contribution in [-0.4, -0.2) is 24.0 Å². The first-order chi connectivity index (χ1) is 11.2. The van der Waals surface area contributed by atoms with Crippen LogP contribution in [0.3, 0.4) is 0 Å². The molecule has 1 saturated heterocycles. The van der Waals surface area contributed by atoms with Crippen LogP contribution in [0.25, 0.3) is 0 Å². The number of aromatic nitrogens is 1. The molecule has 1 aromatic heterocycles. The van der Waals surface area contributed by atoms with Crippen molar-refractivity contribution in [1.29, 1.82) is 0 Å². The molecule has 0 radical (unpaired) electrons. The number of hydrogen-bond donors (Lipinski definition) is 3. The van der Waals surface area contributed by atoms with Crippen LogP contribution < -0.4 is 16.4 Å². The number of hydrogen-bond acceptors (Lipinski definition) is 4. The molecule has 1 fully saturated rings. The Kier molecular flexibility index (Phi) is 4.88. The zero-order valence-electron chi connectivity index (χ0n) is 13.1. The molecule has 0 unspecified atom stereocenters. The third-order valence-corrected chi connectivity index (χ3v) is 4.24. The summed E-state index contributed by atoms with van der Waals surface area (Å²) in [5.74, 6) is 0.558. The van der Waals surface area contributed by atoms with Gasteiger partial charge in [0.25, 0.3) is 5.91 Å². The van der Waals surface area contributed by atoms with Gasteiger partial charge < -0.3 is 16.4 Å². The van der Waals surface area contributed by atoms with Gasteiger partial charge >= 0.3 is 0 Å². The minimum Gasteiger partial charge on any atom is -0.383 e. The van der Waals surface area contributed by atoms with Crippen LogP contribution in [-0.2, 0) is 6.54 Å².